The Morgan fingerprint density at radius 2 is 1.10 bits per heavy atom. The summed E-state index contributed by atoms with van der Waals surface area (Å²) in [5, 5.41) is 19.0. The van der Waals surface area contributed by atoms with E-state index in [1.54, 1.807) is 0 Å². The van der Waals surface area contributed by atoms with Gasteiger partial charge in [-0.2, -0.15) is 0 Å². The molecule has 5 nitrogen and oxygen atoms in total. The van der Waals surface area contributed by atoms with Crippen molar-refractivity contribution >= 4 is 28.0 Å². The third kappa shape index (κ3) is 4.22. The first-order valence-electron chi connectivity index (χ1n) is 5.99. The van der Waals surface area contributed by atoms with Crippen molar-refractivity contribution in [3.8, 4) is 0 Å². The minimum absolute atomic E-state index is 0. The maximum Gasteiger partial charge on any atom is 2.00 e. The van der Waals surface area contributed by atoms with E-state index in [4.69, 9.17) is 15.0 Å². The van der Waals surface area contributed by atoms with Gasteiger partial charge in [-0.1, -0.05) is 24.3 Å². The van der Waals surface area contributed by atoms with Gasteiger partial charge in [0.05, 0.1) is 11.0 Å². The van der Waals surface area contributed by atoms with Gasteiger partial charge in [-0.25, -0.2) is 0 Å². The first-order chi connectivity index (χ1) is 9.47. The third-order valence-corrected chi connectivity index (χ3v) is 2.80. The van der Waals surface area contributed by atoms with E-state index in [9.17, 15) is 0 Å². The van der Waals surface area contributed by atoms with Gasteiger partial charge in [0.2, 0.25) is 0 Å². The molecule has 0 bridgehead atoms. The summed E-state index contributed by atoms with van der Waals surface area (Å²) in [5.74, 6) is 0. The van der Waals surface area contributed by atoms with Gasteiger partial charge >= 0.3 is 20.4 Å². The Labute approximate surface area is 135 Å². The molecule has 0 saturated carbocycles. The molecule has 0 unspecified atom stereocenters. The van der Waals surface area contributed by atoms with E-state index in [1.807, 2.05) is 26.0 Å². The molecule has 0 N–H and O–H groups in total. The fourth-order valence-electron chi connectivity index (χ4n) is 1.96. The fraction of sp³-hybridized carbons (Fsp3) is 0.133. The van der Waals surface area contributed by atoms with Crippen LogP contribution in [0.3, 0.4) is 0 Å². The van der Waals surface area contributed by atoms with Gasteiger partial charge in [0.1, 0.15) is 0 Å². The predicted octanol–water partition coefficient (Wildman–Crippen LogP) is 0.950. The summed E-state index contributed by atoms with van der Waals surface area (Å²) < 4.78 is 0. The molecule has 21 heavy (non-hydrogen) atoms. The number of pyridine rings is 2. The Morgan fingerprint density at radius 3 is 1.43 bits per heavy atom. The Morgan fingerprint density at radius 1 is 0.810 bits per heavy atom. The summed E-state index contributed by atoms with van der Waals surface area (Å²) in [5.41, 5.74) is 4.06. The number of rotatable bonds is 0. The van der Waals surface area contributed by atoms with Crippen LogP contribution in [0.25, 0.3) is 21.8 Å². The second kappa shape index (κ2) is 7.12. The minimum atomic E-state index is -2.33. The number of carbonyl (C=O) groups is 1. The number of aromatic nitrogens is 2. The Balaban J connectivity index is 0.000000397. The first kappa shape index (κ1) is 17.0. The number of nitrogens with zero attached hydrogens (tertiary/aromatic N) is 2. The summed E-state index contributed by atoms with van der Waals surface area (Å²) in [6.45, 7) is 4.02. The van der Waals surface area contributed by atoms with E-state index >= 15 is 0 Å². The largest absolute Gasteiger partial charge is 2.00 e. The van der Waals surface area contributed by atoms with E-state index in [0.717, 1.165) is 33.2 Å². The van der Waals surface area contributed by atoms with Gasteiger partial charge < -0.3 is 15.0 Å². The van der Waals surface area contributed by atoms with Crippen LogP contribution in [-0.2, 0) is 20.4 Å². The summed E-state index contributed by atoms with van der Waals surface area (Å²) in [7, 11) is 0. The maximum atomic E-state index is 8.33. The van der Waals surface area contributed by atoms with Crippen molar-refractivity contribution in [3.63, 3.8) is 0 Å². The molecule has 0 aliphatic rings. The molecule has 0 aliphatic heterocycles. The van der Waals surface area contributed by atoms with Crippen LogP contribution >= 0.6 is 0 Å². The average Bonchev–Trinajstić information content (AvgIpc) is 2.38. The summed E-state index contributed by atoms with van der Waals surface area (Å²) in [4.78, 5) is 17.5. The number of carbonyl (C=O) groups excluding carboxylic acids is 1. The summed E-state index contributed by atoms with van der Waals surface area (Å²) >= 11 is 0. The summed E-state index contributed by atoms with van der Waals surface area (Å²) in [6, 6.07) is 12.5. The molecule has 0 spiro atoms. The van der Waals surface area contributed by atoms with Crippen LogP contribution in [0.2, 0.25) is 0 Å². The molecular formula is C15H12N2O3Pd. The Bertz CT molecular complexity index is 726. The van der Waals surface area contributed by atoms with Gasteiger partial charge in [0, 0.05) is 22.2 Å². The number of fused-ring (bicyclic) bond motifs is 3. The molecule has 1 aromatic carbocycles. The van der Waals surface area contributed by atoms with Crippen molar-refractivity contribution < 1.29 is 35.4 Å². The molecule has 110 valence electrons. The molecule has 0 atom stereocenters. The molecule has 0 fully saturated rings. The van der Waals surface area contributed by atoms with Crippen LogP contribution in [-0.4, -0.2) is 16.1 Å². The zero-order valence-electron chi connectivity index (χ0n) is 11.4. The fourth-order valence-corrected chi connectivity index (χ4v) is 1.96. The van der Waals surface area contributed by atoms with Crippen LogP contribution < -0.4 is 10.2 Å². The van der Waals surface area contributed by atoms with Crippen LogP contribution in [0, 0.1) is 13.8 Å². The smallest absolute Gasteiger partial charge is 0.652 e. The standard InChI is InChI=1S/C14H12N2.CH2O3.Pd/c1-9-3-5-11-7-8-12-6-4-10(2)16-14(12)13(11)15-9;2-1(3)4;/h3-8H,1-2H3;(H2,2,3,4);/q;;+2/p-2. The molecule has 6 heteroatoms. The molecule has 2 heterocycles. The Kier molecular flexibility index (Phi) is 5.77. The molecule has 3 aromatic rings. The zero-order chi connectivity index (χ0) is 14.7. The normalized spacial score (nSPS) is 9.62. The number of hydrogen-bond acceptors (Lipinski definition) is 5. The number of carboxylic acid groups (broad SMARTS) is 2. The van der Waals surface area contributed by atoms with Crippen LogP contribution in [0.5, 0.6) is 0 Å². The quantitative estimate of drug-likeness (QED) is 0.432. The SMILES string of the molecule is Cc1ccc2ccc3ccc(C)nc3c2n1.O=C([O-])[O-].[Pd+2]. The molecule has 2 aromatic heterocycles. The Hall–Kier alpha value is -2.03. The van der Waals surface area contributed by atoms with Crippen molar-refractivity contribution in [2.24, 2.45) is 0 Å². The van der Waals surface area contributed by atoms with Crippen molar-refractivity contribution in [2.45, 2.75) is 13.8 Å². The van der Waals surface area contributed by atoms with Crippen molar-refractivity contribution in [1.82, 2.24) is 9.97 Å². The van der Waals surface area contributed by atoms with Crippen LogP contribution in [0.1, 0.15) is 11.4 Å². The van der Waals surface area contributed by atoms with Gasteiger partial charge in [0.15, 0.2) is 0 Å². The van der Waals surface area contributed by atoms with E-state index in [2.05, 4.69) is 34.2 Å². The van der Waals surface area contributed by atoms with Crippen molar-refractivity contribution in [1.29, 1.82) is 0 Å². The van der Waals surface area contributed by atoms with Gasteiger partial charge in [-0.05, 0) is 32.1 Å². The minimum Gasteiger partial charge on any atom is -0.652 e. The number of benzene rings is 1. The van der Waals surface area contributed by atoms with E-state index in [-0.39, 0.29) is 20.4 Å². The van der Waals surface area contributed by atoms with Crippen LogP contribution in [0.4, 0.5) is 4.79 Å². The predicted molar refractivity (Wildman–Crippen MR) is 71.9 cm³/mol. The summed E-state index contributed by atoms with van der Waals surface area (Å²) in [6.07, 6.45) is -2.33. The van der Waals surface area contributed by atoms with E-state index < -0.39 is 6.16 Å². The topological polar surface area (TPSA) is 89.0 Å². The van der Waals surface area contributed by atoms with E-state index in [1.165, 1.54) is 0 Å². The van der Waals surface area contributed by atoms with Gasteiger partial charge in [-0.15, -0.1) is 0 Å². The van der Waals surface area contributed by atoms with Crippen molar-refractivity contribution in [2.75, 3.05) is 0 Å². The van der Waals surface area contributed by atoms with Crippen LogP contribution in [0.15, 0.2) is 36.4 Å². The zero-order valence-corrected chi connectivity index (χ0v) is 13.0. The molecular weight excluding hydrogens is 363 g/mol. The second-order valence-electron chi connectivity index (χ2n) is 4.36. The average molecular weight is 375 g/mol. The third-order valence-electron chi connectivity index (χ3n) is 2.80. The van der Waals surface area contributed by atoms with E-state index in [0.29, 0.717) is 0 Å². The van der Waals surface area contributed by atoms with Gasteiger partial charge in [-0.3, -0.25) is 9.97 Å². The molecule has 3 rings (SSSR count). The second-order valence-corrected chi connectivity index (χ2v) is 4.36. The molecule has 0 aliphatic carbocycles. The monoisotopic (exact) mass is 374 g/mol. The molecule has 0 radical (unpaired) electrons. The number of hydrogen-bond donors (Lipinski definition) is 0. The first-order valence-corrected chi connectivity index (χ1v) is 5.99. The molecule has 0 saturated heterocycles. The maximum absolute atomic E-state index is 8.33. The van der Waals surface area contributed by atoms with Crippen molar-refractivity contribution in [3.05, 3.63) is 47.8 Å². The molecule has 0 amide bonds. The number of aryl methyl sites for hydroxylation is 2. The van der Waals surface area contributed by atoms with Gasteiger partial charge in [0.25, 0.3) is 0 Å².